The average Bonchev–Trinajstić information content (AvgIpc) is 1.59. The molecule has 482 valence electrons. The van der Waals surface area contributed by atoms with Crippen LogP contribution < -0.4 is 9.47 Å². The van der Waals surface area contributed by atoms with Gasteiger partial charge in [0.05, 0.1) is 53.1 Å². The maximum absolute atomic E-state index is 12.1. The summed E-state index contributed by atoms with van der Waals surface area (Å²) < 4.78 is 39.3. The highest BCUT2D eigenvalue weighted by Crippen LogP contribution is 2.49. The van der Waals surface area contributed by atoms with Crippen molar-refractivity contribution in [1.29, 1.82) is 0 Å². The lowest BCUT2D eigenvalue weighted by Crippen LogP contribution is -2.16. The predicted octanol–water partition coefficient (Wildman–Crippen LogP) is 14.3. The third kappa shape index (κ3) is 30.8. The first-order chi connectivity index (χ1) is 42.2. The highest BCUT2D eigenvalue weighted by molar-refractivity contribution is 5.89. The van der Waals surface area contributed by atoms with Crippen LogP contribution in [0.25, 0.3) is 11.1 Å². The van der Waals surface area contributed by atoms with E-state index in [0.717, 1.165) is 33.4 Å². The summed E-state index contributed by atoms with van der Waals surface area (Å²) in [5.41, 5.74) is 12.3. The van der Waals surface area contributed by atoms with Crippen molar-refractivity contribution in [2.75, 3.05) is 40.6 Å². The first kappa shape index (κ1) is 79.8. The van der Waals surface area contributed by atoms with Gasteiger partial charge in [-0.15, -0.1) is 0 Å². The normalized spacial score (nSPS) is 10.4. The van der Waals surface area contributed by atoms with Crippen LogP contribution in [0.3, 0.4) is 0 Å². The summed E-state index contributed by atoms with van der Waals surface area (Å²) >= 11 is 0. The zero-order valence-electron chi connectivity index (χ0n) is 55.3. The highest BCUT2D eigenvalue weighted by atomic mass is 16.6. The molecule has 0 radical (unpaired) electrons. The van der Waals surface area contributed by atoms with E-state index >= 15 is 0 Å². The van der Waals surface area contributed by atoms with Crippen LogP contribution in [-0.2, 0) is 97.9 Å². The molecule has 0 aromatic heterocycles. The highest BCUT2D eigenvalue weighted by Gasteiger charge is 2.36. The van der Waals surface area contributed by atoms with Gasteiger partial charge in [-0.05, 0) is 110 Å². The summed E-state index contributed by atoms with van der Waals surface area (Å²) in [7, 11) is 2.65. The summed E-state index contributed by atoms with van der Waals surface area (Å²) in [5, 5.41) is 0. The zero-order chi connectivity index (χ0) is 67.8. The fourth-order valence-electron chi connectivity index (χ4n) is 7.48. The second-order valence-electron chi connectivity index (χ2n) is 19.9. The van der Waals surface area contributed by atoms with Gasteiger partial charge < -0.3 is 37.9 Å². The molecular weight excluding hydrogens is 1130 g/mol. The molecule has 16 nitrogen and oxygen atoms in total. The smallest absolute Gasteiger partial charge is 0.333 e. The Morgan fingerprint density at radius 2 is 0.708 bits per heavy atom. The summed E-state index contributed by atoms with van der Waals surface area (Å²) in [6.45, 7) is 41.3. The first-order valence-corrected chi connectivity index (χ1v) is 29.6. The SMILES string of the molecule is C=C(C)C(=O)OCCC(=O)OC.C=C(C)C(=O)OCCC(=O)Oc1ccc2c(c1)C(C)(C)c1cc(C)ccc1-2.C=C(C)C(=O)OCCc1ccc(CC(=O)OC)cc1.C=C(C)C(=O)OCCc1ccc(CC(=O)Oc2ccc(C)cc2)cc1.CC.CC.CC. The van der Waals surface area contributed by atoms with E-state index in [0.29, 0.717) is 59.8 Å². The van der Waals surface area contributed by atoms with Crippen molar-refractivity contribution in [3.8, 4) is 22.6 Å². The minimum absolute atomic E-state index is 0.00107. The largest absolute Gasteiger partial charge is 0.469 e. The molecule has 0 bridgehead atoms. The third-order valence-electron chi connectivity index (χ3n) is 12.2. The topological polar surface area (TPSA) is 210 Å². The molecule has 0 unspecified atom stereocenters. The molecule has 0 atom stereocenters. The molecule has 16 heteroatoms. The van der Waals surface area contributed by atoms with E-state index in [1.54, 1.807) is 39.8 Å². The van der Waals surface area contributed by atoms with E-state index in [1.807, 2.05) is 127 Å². The van der Waals surface area contributed by atoms with Gasteiger partial charge in [-0.1, -0.05) is 178 Å². The Morgan fingerprint density at radius 3 is 1.11 bits per heavy atom. The van der Waals surface area contributed by atoms with Crippen molar-refractivity contribution in [1.82, 2.24) is 0 Å². The van der Waals surface area contributed by atoms with Crippen LogP contribution in [0.15, 0.2) is 158 Å². The van der Waals surface area contributed by atoms with Gasteiger partial charge in [-0.25, -0.2) is 19.2 Å². The lowest BCUT2D eigenvalue weighted by atomic mass is 9.82. The summed E-state index contributed by atoms with van der Waals surface area (Å²) in [5.74, 6) is -2.09. The van der Waals surface area contributed by atoms with Crippen molar-refractivity contribution >= 4 is 47.8 Å². The van der Waals surface area contributed by atoms with E-state index in [9.17, 15) is 38.4 Å². The number of benzene rings is 5. The Morgan fingerprint density at radius 1 is 0.382 bits per heavy atom. The average molecular weight is 1230 g/mol. The number of rotatable bonds is 22. The molecular formula is C73H94O16. The molecule has 1 aliphatic carbocycles. The van der Waals surface area contributed by atoms with E-state index in [-0.39, 0.29) is 68.2 Å². The lowest BCUT2D eigenvalue weighted by molar-refractivity contribution is -0.146. The summed E-state index contributed by atoms with van der Waals surface area (Å²) in [6, 6.07) is 34.7. The standard InChI is InChI=1S/C23H24O4.C21H22O4.C15H18O4.C8H12O4.3C2H6/c1-14(2)22(25)26-11-10-21(24)27-16-7-9-18-17-8-6-15(3)12-19(17)23(4,5)20(18)13-16;1-15(2)21(23)24-13-12-17-6-8-18(9-7-17)14-20(22)25-19-10-4-16(3)5-11-19;1-11(2)15(17)19-9-8-12-4-6-13(7-5-12)10-14(16)18-3;1-6(2)8(10)12-5-4-7(9)11-3;3*1-2/h6-9,12-13H,1,10-11H2,2-5H3;4-11H,1,12-14H2,2-3H3;4-7H,1,8-10H2,2-3H3;1,4-5H2,2-3H3;3*1-2H3. The van der Waals surface area contributed by atoms with Crippen LogP contribution >= 0.6 is 0 Å². The number of aryl methyl sites for hydroxylation is 2. The van der Waals surface area contributed by atoms with Gasteiger partial charge in [-0.2, -0.15) is 0 Å². The van der Waals surface area contributed by atoms with Crippen LogP contribution in [-0.4, -0.2) is 88.4 Å². The van der Waals surface area contributed by atoms with E-state index < -0.39 is 23.9 Å². The number of esters is 8. The molecule has 0 aliphatic heterocycles. The van der Waals surface area contributed by atoms with Gasteiger partial charge in [0.1, 0.15) is 24.7 Å². The van der Waals surface area contributed by atoms with Crippen molar-refractivity contribution in [3.05, 3.63) is 202 Å². The van der Waals surface area contributed by atoms with Crippen molar-refractivity contribution < 1.29 is 76.3 Å². The summed E-state index contributed by atoms with van der Waals surface area (Å²) in [4.78, 5) is 90.2. The van der Waals surface area contributed by atoms with Crippen LogP contribution in [0.4, 0.5) is 0 Å². The molecule has 0 heterocycles. The number of hydrogen-bond donors (Lipinski definition) is 0. The molecule has 0 saturated heterocycles. The fourth-order valence-corrected chi connectivity index (χ4v) is 7.48. The Hall–Kier alpha value is -9.18. The molecule has 0 fully saturated rings. The maximum Gasteiger partial charge on any atom is 0.333 e. The predicted molar refractivity (Wildman–Crippen MR) is 349 cm³/mol. The molecule has 5 aromatic carbocycles. The van der Waals surface area contributed by atoms with Crippen LogP contribution in [0.5, 0.6) is 11.5 Å². The quantitative estimate of drug-likeness (QED) is 0.0273. The van der Waals surface area contributed by atoms with Gasteiger partial charge in [-0.3, -0.25) is 19.2 Å². The van der Waals surface area contributed by atoms with E-state index in [1.165, 1.54) is 36.5 Å². The molecule has 6 rings (SSSR count). The minimum atomic E-state index is -0.505. The first-order valence-electron chi connectivity index (χ1n) is 29.6. The second kappa shape index (κ2) is 43.4. The fraction of sp³-hybridized carbons (Fsp3) is 0.370. The Kier molecular flexibility index (Phi) is 39.0. The Balaban J connectivity index is 0.00000116. The Bertz CT molecular complexity index is 3130. The molecule has 89 heavy (non-hydrogen) atoms. The summed E-state index contributed by atoms with van der Waals surface area (Å²) in [6.07, 6.45) is 1.80. The van der Waals surface area contributed by atoms with Crippen molar-refractivity contribution in [2.24, 2.45) is 0 Å². The lowest BCUT2D eigenvalue weighted by Gasteiger charge is -2.22. The molecule has 1 aliphatic rings. The number of hydrogen-bond acceptors (Lipinski definition) is 16. The third-order valence-corrected chi connectivity index (χ3v) is 12.2. The van der Waals surface area contributed by atoms with E-state index in [2.05, 4.69) is 79.5 Å². The zero-order valence-corrected chi connectivity index (χ0v) is 55.3. The van der Waals surface area contributed by atoms with Crippen LogP contribution in [0.2, 0.25) is 0 Å². The molecule has 0 amide bonds. The molecule has 5 aromatic rings. The number of carbonyl (C=O) groups excluding carboxylic acids is 8. The van der Waals surface area contributed by atoms with Crippen molar-refractivity contribution in [2.45, 2.75) is 141 Å². The number of methoxy groups -OCH3 is 2. The van der Waals surface area contributed by atoms with Crippen LogP contribution in [0, 0.1) is 13.8 Å². The molecule has 0 spiro atoms. The number of carbonyl (C=O) groups is 8. The second-order valence-corrected chi connectivity index (χ2v) is 19.9. The van der Waals surface area contributed by atoms with Gasteiger partial charge in [0, 0.05) is 40.5 Å². The molecule has 0 saturated carbocycles. The van der Waals surface area contributed by atoms with Gasteiger partial charge in [0.2, 0.25) is 0 Å². The number of ether oxygens (including phenoxy) is 8. The molecule has 0 N–H and O–H groups in total. The van der Waals surface area contributed by atoms with Crippen LogP contribution in [0.1, 0.15) is 140 Å². The number of fused-ring (bicyclic) bond motifs is 3. The van der Waals surface area contributed by atoms with Gasteiger partial charge in [0.15, 0.2) is 0 Å². The van der Waals surface area contributed by atoms with Gasteiger partial charge in [0.25, 0.3) is 0 Å². The van der Waals surface area contributed by atoms with E-state index in [4.69, 9.17) is 23.7 Å². The van der Waals surface area contributed by atoms with Gasteiger partial charge >= 0.3 is 47.8 Å². The van der Waals surface area contributed by atoms with Crippen molar-refractivity contribution in [3.63, 3.8) is 0 Å². The Labute approximate surface area is 528 Å². The minimum Gasteiger partial charge on any atom is -0.469 e. The maximum atomic E-state index is 12.1. The monoisotopic (exact) mass is 1230 g/mol.